The Labute approximate surface area is 133 Å². The third kappa shape index (κ3) is 3.14. The number of ether oxygens (including phenoxy) is 2. The molecular formula is C17H14N4O2. The second-order valence-corrected chi connectivity index (χ2v) is 4.77. The highest BCUT2D eigenvalue weighted by atomic mass is 16.5. The monoisotopic (exact) mass is 306 g/mol. The maximum absolute atomic E-state index is 9.06. The highest BCUT2D eigenvalue weighted by Crippen LogP contribution is 2.33. The maximum atomic E-state index is 9.06. The zero-order valence-electron chi connectivity index (χ0n) is 12.5. The molecule has 0 unspecified atom stereocenters. The Balaban J connectivity index is 1.89. The van der Waals surface area contributed by atoms with Gasteiger partial charge in [-0.05, 0) is 23.8 Å². The number of aromatic amines is 1. The van der Waals surface area contributed by atoms with Gasteiger partial charge in [-0.3, -0.25) is 0 Å². The molecule has 0 saturated heterocycles. The molecule has 0 aliphatic carbocycles. The van der Waals surface area contributed by atoms with Gasteiger partial charge in [0, 0.05) is 5.56 Å². The molecule has 0 saturated carbocycles. The molecule has 1 heterocycles. The number of rotatable bonds is 5. The summed E-state index contributed by atoms with van der Waals surface area (Å²) in [5.74, 6) is 1.20. The number of methoxy groups -OCH3 is 1. The van der Waals surface area contributed by atoms with E-state index in [4.69, 9.17) is 14.7 Å². The average Bonchev–Trinajstić information content (AvgIpc) is 3.09. The van der Waals surface area contributed by atoms with Gasteiger partial charge in [0.05, 0.1) is 7.11 Å². The van der Waals surface area contributed by atoms with Crippen LogP contribution in [-0.4, -0.2) is 22.5 Å². The lowest BCUT2D eigenvalue weighted by atomic mass is 10.1. The van der Waals surface area contributed by atoms with Gasteiger partial charge >= 0.3 is 0 Å². The topological polar surface area (TPSA) is 83.8 Å². The molecule has 2 aromatic carbocycles. The summed E-state index contributed by atoms with van der Waals surface area (Å²) < 4.78 is 11.2. The Morgan fingerprint density at radius 1 is 1.09 bits per heavy atom. The van der Waals surface area contributed by atoms with Crippen LogP contribution < -0.4 is 9.47 Å². The summed E-state index contributed by atoms with van der Waals surface area (Å²) >= 11 is 0. The molecule has 1 N–H and O–H groups in total. The fraction of sp³-hybridized carbons (Fsp3) is 0.118. The minimum atomic E-state index is 0.240. The second kappa shape index (κ2) is 6.62. The minimum absolute atomic E-state index is 0.240. The quantitative estimate of drug-likeness (QED) is 0.783. The van der Waals surface area contributed by atoms with Gasteiger partial charge in [-0.1, -0.05) is 30.3 Å². The smallest absolute Gasteiger partial charge is 0.190 e. The van der Waals surface area contributed by atoms with Crippen molar-refractivity contribution in [2.45, 2.75) is 6.61 Å². The number of H-pyrrole nitrogens is 1. The molecule has 0 radical (unpaired) electrons. The first-order valence-electron chi connectivity index (χ1n) is 6.98. The van der Waals surface area contributed by atoms with Gasteiger partial charge in [-0.25, -0.2) is 0 Å². The molecule has 23 heavy (non-hydrogen) atoms. The summed E-state index contributed by atoms with van der Waals surface area (Å²) in [6, 6.07) is 17.2. The highest BCUT2D eigenvalue weighted by molar-refractivity contribution is 5.67. The van der Waals surface area contributed by atoms with E-state index in [-0.39, 0.29) is 5.69 Å². The van der Waals surface area contributed by atoms with Crippen molar-refractivity contribution >= 4 is 0 Å². The summed E-state index contributed by atoms with van der Waals surface area (Å²) in [7, 11) is 1.58. The Morgan fingerprint density at radius 2 is 1.91 bits per heavy atom. The van der Waals surface area contributed by atoms with E-state index in [1.807, 2.05) is 42.5 Å². The van der Waals surface area contributed by atoms with E-state index in [2.05, 4.69) is 15.4 Å². The fourth-order valence-corrected chi connectivity index (χ4v) is 2.18. The van der Waals surface area contributed by atoms with E-state index in [1.54, 1.807) is 19.2 Å². The van der Waals surface area contributed by atoms with Gasteiger partial charge in [0.15, 0.2) is 17.2 Å². The van der Waals surface area contributed by atoms with Gasteiger partial charge in [-0.15, -0.1) is 5.10 Å². The van der Waals surface area contributed by atoms with E-state index in [1.165, 1.54) is 0 Å². The van der Waals surface area contributed by atoms with Gasteiger partial charge in [0.1, 0.15) is 18.4 Å². The molecule has 3 aromatic rings. The van der Waals surface area contributed by atoms with Crippen LogP contribution in [0.25, 0.3) is 11.3 Å². The summed E-state index contributed by atoms with van der Waals surface area (Å²) in [5, 5.41) is 19.3. The lowest BCUT2D eigenvalue weighted by molar-refractivity contribution is 0.284. The first-order valence-corrected chi connectivity index (χ1v) is 6.98. The lowest BCUT2D eigenvalue weighted by Gasteiger charge is -2.12. The number of nitrogens with zero attached hydrogens (tertiary/aromatic N) is 3. The molecule has 0 fully saturated rings. The van der Waals surface area contributed by atoms with Gasteiger partial charge in [0.2, 0.25) is 0 Å². The molecule has 0 amide bonds. The van der Waals surface area contributed by atoms with Crippen LogP contribution >= 0.6 is 0 Å². The molecular weight excluding hydrogens is 292 g/mol. The first-order chi connectivity index (χ1) is 11.3. The Bertz CT molecular complexity index is 837. The van der Waals surface area contributed by atoms with Crippen molar-refractivity contribution in [3.8, 4) is 28.8 Å². The van der Waals surface area contributed by atoms with E-state index in [0.717, 1.165) is 11.1 Å². The van der Waals surface area contributed by atoms with Crippen LogP contribution in [0.1, 0.15) is 11.3 Å². The molecule has 0 bridgehead atoms. The third-order valence-corrected chi connectivity index (χ3v) is 3.33. The van der Waals surface area contributed by atoms with Crippen molar-refractivity contribution in [1.29, 1.82) is 5.26 Å². The maximum Gasteiger partial charge on any atom is 0.190 e. The lowest BCUT2D eigenvalue weighted by Crippen LogP contribution is -1.98. The van der Waals surface area contributed by atoms with Gasteiger partial charge in [0.25, 0.3) is 0 Å². The summed E-state index contributed by atoms with van der Waals surface area (Å²) in [6.07, 6.45) is 0. The van der Waals surface area contributed by atoms with Crippen LogP contribution in [-0.2, 0) is 6.61 Å². The molecule has 0 atom stereocenters. The van der Waals surface area contributed by atoms with Crippen molar-refractivity contribution in [1.82, 2.24) is 15.4 Å². The van der Waals surface area contributed by atoms with Crippen LogP contribution in [0.3, 0.4) is 0 Å². The predicted molar refractivity (Wildman–Crippen MR) is 83.9 cm³/mol. The van der Waals surface area contributed by atoms with Crippen molar-refractivity contribution in [3.05, 3.63) is 59.8 Å². The zero-order chi connectivity index (χ0) is 16.1. The van der Waals surface area contributed by atoms with Crippen LogP contribution in [0.4, 0.5) is 0 Å². The highest BCUT2D eigenvalue weighted by Gasteiger charge is 2.13. The number of benzene rings is 2. The molecule has 6 nitrogen and oxygen atoms in total. The van der Waals surface area contributed by atoms with E-state index < -0.39 is 0 Å². The molecule has 0 aliphatic heterocycles. The van der Waals surface area contributed by atoms with Crippen LogP contribution in [0.5, 0.6) is 11.5 Å². The van der Waals surface area contributed by atoms with Crippen molar-refractivity contribution in [2.24, 2.45) is 0 Å². The van der Waals surface area contributed by atoms with Crippen molar-refractivity contribution in [3.63, 3.8) is 0 Å². The molecule has 0 spiro atoms. The van der Waals surface area contributed by atoms with Crippen LogP contribution in [0.15, 0.2) is 48.5 Å². The summed E-state index contributed by atoms with van der Waals surface area (Å²) in [4.78, 5) is 0. The Kier molecular flexibility index (Phi) is 4.20. The van der Waals surface area contributed by atoms with Crippen LogP contribution in [0.2, 0.25) is 0 Å². The zero-order valence-corrected chi connectivity index (χ0v) is 12.5. The fourth-order valence-electron chi connectivity index (χ4n) is 2.18. The molecule has 114 valence electrons. The number of aromatic nitrogens is 3. The molecule has 3 rings (SSSR count). The predicted octanol–water partition coefficient (Wildman–Crippen LogP) is 2.93. The standard InChI is InChI=1S/C17H14N4O2/c1-22-15-8-7-13(17-14(10-18)19-21-20-17)9-16(15)23-11-12-5-3-2-4-6-12/h2-9H,11H2,1H3,(H,19,20,21). The van der Waals surface area contributed by atoms with Crippen LogP contribution in [0, 0.1) is 11.3 Å². The number of hydrogen-bond acceptors (Lipinski definition) is 5. The second-order valence-electron chi connectivity index (χ2n) is 4.77. The summed E-state index contributed by atoms with van der Waals surface area (Å²) in [6.45, 7) is 0.421. The normalized spacial score (nSPS) is 10.1. The van der Waals surface area contributed by atoms with E-state index in [0.29, 0.717) is 23.8 Å². The summed E-state index contributed by atoms with van der Waals surface area (Å²) in [5.41, 5.74) is 2.52. The van der Waals surface area contributed by atoms with E-state index >= 15 is 0 Å². The molecule has 0 aliphatic rings. The largest absolute Gasteiger partial charge is 0.493 e. The number of hydrogen-bond donors (Lipinski definition) is 1. The minimum Gasteiger partial charge on any atom is -0.493 e. The van der Waals surface area contributed by atoms with Gasteiger partial charge in [-0.2, -0.15) is 15.6 Å². The van der Waals surface area contributed by atoms with Crippen molar-refractivity contribution < 1.29 is 9.47 Å². The third-order valence-electron chi connectivity index (χ3n) is 3.33. The van der Waals surface area contributed by atoms with E-state index in [9.17, 15) is 0 Å². The number of nitriles is 1. The Hall–Kier alpha value is -3.33. The Morgan fingerprint density at radius 3 is 2.65 bits per heavy atom. The molecule has 1 aromatic heterocycles. The SMILES string of the molecule is COc1ccc(-c2n[nH]nc2C#N)cc1OCc1ccccc1. The van der Waals surface area contributed by atoms with Gasteiger partial charge < -0.3 is 9.47 Å². The average molecular weight is 306 g/mol. The molecule has 6 heteroatoms. The van der Waals surface area contributed by atoms with Crippen molar-refractivity contribution in [2.75, 3.05) is 7.11 Å². The first kappa shape index (κ1) is 14.6. The number of nitrogens with one attached hydrogen (secondary N) is 1.